The van der Waals surface area contributed by atoms with E-state index in [-0.39, 0.29) is 16.7 Å². The highest BCUT2D eigenvalue weighted by molar-refractivity contribution is 7.99. The van der Waals surface area contributed by atoms with Crippen molar-refractivity contribution in [1.82, 2.24) is 0 Å². The minimum absolute atomic E-state index is 0.0930. The molecule has 1 aromatic rings. The Bertz CT molecular complexity index is 384. The lowest BCUT2D eigenvalue weighted by molar-refractivity contribution is -0.137. The molecule has 1 aromatic carbocycles. The fourth-order valence-electron chi connectivity index (χ4n) is 1.17. The number of benzene rings is 1. The maximum atomic E-state index is 12.9. The molecule has 0 amide bonds. The van der Waals surface area contributed by atoms with E-state index >= 15 is 0 Å². The Morgan fingerprint density at radius 3 is 2.88 bits per heavy atom. The average Bonchev–Trinajstić information content (AvgIpc) is 2.21. The molecule has 0 aliphatic rings. The first kappa shape index (κ1) is 13.3. The second kappa shape index (κ2) is 6.11. The smallest absolute Gasteiger partial charge is 0.303 e. The molecule has 5 heteroatoms. The molecule has 2 nitrogen and oxygen atoms in total. The van der Waals surface area contributed by atoms with E-state index in [0.29, 0.717) is 6.42 Å². The number of aliphatic carboxylic acids is 1. The van der Waals surface area contributed by atoms with Gasteiger partial charge in [0.05, 0.1) is 5.02 Å². The molecule has 0 saturated carbocycles. The van der Waals surface area contributed by atoms with E-state index in [2.05, 4.69) is 0 Å². The topological polar surface area (TPSA) is 37.3 Å². The van der Waals surface area contributed by atoms with Crippen molar-refractivity contribution in [1.29, 1.82) is 0 Å². The van der Waals surface area contributed by atoms with Crippen LogP contribution in [0.5, 0.6) is 0 Å². The first-order valence-corrected chi connectivity index (χ1v) is 6.08. The van der Waals surface area contributed by atoms with Gasteiger partial charge in [0.25, 0.3) is 0 Å². The number of hydrogen-bond acceptors (Lipinski definition) is 2. The van der Waals surface area contributed by atoms with Crippen LogP contribution >= 0.6 is 23.4 Å². The molecule has 0 bridgehead atoms. The summed E-state index contributed by atoms with van der Waals surface area (Å²) in [7, 11) is 0. The summed E-state index contributed by atoms with van der Waals surface area (Å²) in [5.41, 5.74) is 0. The molecule has 1 unspecified atom stereocenters. The summed E-state index contributed by atoms with van der Waals surface area (Å²) >= 11 is 7.14. The summed E-state index contributed by atoms with van der Waals surface area (Å²) in [6.45, 7) is 1.94. The van der Waals surface area contributed by atoms with E-state index in [1.807, 2.05) is 6.92 Å². The minimum Gasteiger partial charge on any atom is -0.481 e. The lowest BCUT2D eigenvalue weighted by Crippen LogP contribution is -2.02. The van der Waals surface area contributed by atoms with Gasteiger partial charge in [0.2, 0.25) is 0 Å². The molecule has 0 radical (unpaired) electrons. The van der Waals surface area contributed by atoms with Crippen molar-refractivity contribution in [3.63, 3.8) is 0 Å². The number of carboxylic acid groups (broad SMARTS) is 1. The summed E-state index contributed by atoms with van der Waals surface area (Å²) in [6, 6.07) is 4.51. The zero-order valence-electron chi connectivity index (χ0n) is 8.74. The van der Waals surface area contributed by atoms with Gasteiger partial charge in [0.1, 0.15) is 5.82 Å². The standard InChI is InChI=1S/C11H12ClFO2S/c1-7(2-5-11(14)15)16-8-3-4-10(13)9(12)6-8/h3-4,6-7H,2,5H2,1H3,(H,14,15). The van der Waals surface area contributed by atoms with E-state index < -0.39 is 11.8 Å². The molecular weight excluding hydrogens is 251 g/mol. The average molecular weight is 263 g/mol. The van der Waals surface area contributed by atoms with Crippen LogP contribution in [0, 0.1) is 5.82 Å². The normalized spacial score (nSPS) is 12.4. The van der Waals surface area contributed by atoms with E-state index in [4.69, 9.17) is 16.7 Å². The van der Waals surface area contributed by atoms with Gasteiger partial charge in [-0.05, 0) is 24.6 Å². The number of thioether (sulfide) groups is 1. The van der Waals surface area contributed by atoms with Gasteiger partial charge in [-0.15, -0.1) is 11.8 Å². The van der Waals surface area contributed by atoms with E-state index in [9.17, 15) is 9.18 Å². The zero-order valence-corrected chi connectivity index (χ0v) is 10.3. The number of hydrogen-bond donors (Lipinski definition) is 1. The van der Waals surface area contributed by atoms with Crippen LogP contribution in [0.2, 0.25) is 5.02 Å². The summed E-state index contributed by atoms with van der Waals surface area (Å²) in [6.07, 6.45) is 0.720. The summed E-state index contributed by atoms with van der Waals surface area (Å²) in [5.74, 6) is -1.24. The van der Waals surface area contributed by atoms with Crippen molar-refractivity contribution in [2.24, 2.45) is 0 Å². The first-order valence-electron chi connectivity index (χ1n) is 4.82. The molecule has 0 aliphatic carbocycles. The molecule has 1 N–H and O–H groups in total. The van der Waals surface area contributed by atoms with Crippen LogP contribution in [-0.4, -0.2) is 16.3 Å². The summed E-state index contributed by atoms with van der Waals surface area (Å²) in [5, 5.41) is 8.79. The third-order valence-electron chi connectivity index (χ3n) is 1.99. The number of halogens is 2. The maximum absolute atomic E-state index is 12.9. The molecule has 0 aromatic heterocycles. The van der Waals surface area contributed by atoms with Crippen LogP contribution in [0.4, 0.5) is 4.39 Å². The highest BCUT2D eigenvalue weighted by Crippen LogP contribution is 2.29. The Kier molecular flexibility index (Phi) is 5.09. The molecule has 0 aliphatic heterocycles. The van der Waals surface area contributed by atoms with Crippen LogP contribution in [0.15, 0.2) is 23.1 Å². The van der Waals surface area contributed by atoms with Crippen LogP contribution in [0.25, 0.3) is 0 Å². The van der Waals surface area contributed by atoms with Gasteiger partial charge in [0, 0.05) is 16.6 Å². The van der Waals surface area contributed by atoms with Gasteiger partial charge in [-0.1, -0.05) is 18.5 Å². The van der Waals surface area contributed by atoms with Crippen molar-refractivity contribution < 1.29 is 14.3 Å². The van der Waals surface area contributed by atoms with Crippen molar-refractivity contribution in [2.75, 3.05) is 0 Å². The molecule has 1 atom stereocenters. The Balaban J connectivity index is 2.52. The SMILES string of the molecule is CC(CCC(=O)O)Sc1ccc(F)c(Cl)c1. The highest BCUT2D eigenvalue weighted by Gasteiger charge is 2.08. The lowest BCUT2D eigenvalue weighted by Gasteiger charge is -2.09. The Morgan fingerprint density at radius 1 is 1.62 bits per heavy atom. The van der Waals surface area contributed by atoms with Gasteiger partial charge in [-0.3, -0.25) is 4.79 Å². The van der Waals surface area contributed by atoms with Gasteiger partial charge >= 0.3 is 5.97 Å². The predicted molar refractivity (Wildman–Crippen MR) is 63.6 cm³/mol. The third kappa shape index (κ3) is 4.41. The molecule has 1 rings (SSSR count). The number of carboxylic acids is 1. The lowest BCUT2D eigenvalue weighted by atomic mass is 10.2. The third-order valence-corrected chi connectivity index (χ3v) is 3.45. The summed E-state index contributed by atoms with van der Waals surface area (Å²) in [4.78, 5) is 11.2. The van der Waals surface area contributed by atoms with Crippen molar-refractivity contribution in [2.45, 2.75) is 29.9 Å². The van der Waals surface area contributed by atoms with Crippen LogP contribution in [0.1, 0.15) is 19.8 Å². The zero-order chi connectivity index (χ0) is 12.1. The molecule has 0 saturated heterocycles. The first-order chi connectivity index (χ1) is 7.49. The van der Waals surface area contributed by atoms with Gasteiger partial charge in [-0.25, -0.2) is 4.39 Å². The molecule has 0 spiro atoms. The van der Waals surface area contributed by atoms with Crippen molar-refractivity contribution in [3.05, 3.63) is 29.0 Å². The van der Waals surface area contributed by atoms with Crippen LogP contribution in [0.3, 0.4) is 0 Å². The fraction of sp³-hybridized carbons (Fsp3) is 0.364. The van der Waals surface area contributed by atoms with Gasteiger partial charge in [0.15, 0.2) is 0 Å². The van der Waals surface area contributed by atoms with Crippen LogP contribution < -0.4 is 0 Å². The molecular formula is C11H12ClFO2S. The van der Waals surface area contributed by atoms with Crippen molar-refractivity contribution >= 4 is 29.3 Å². The highest BCUT2D eigenvalue weighted by atomic mass is 35.5. The van der Waals surface area contributed by atoms with E-state index in [0.717, 1.165) is 4.90 Å². The number of carbonyl (C=O) groups is 1. The quantitative estimate of drug-likeness (QED) is 0.820. The van der Waals surface area contributed by atoms with E-state index in [1.165, 1.54) is 17.8 Å². The van der Waals surface area contributed by atoms with Gasteiger partial charge < -0.3 is 5.11 Å². The fourth-order valence-corrected chi connectivity index (χ4v) is 2.45. The van der Waals surface area contributed by atoms with Crippen LogP contribution in [-0.2, 0) is 4.79 Å². The van der Waals surface area contributed by atoms with Crippen molar-refractivity contribution in [3.8, 4) is 0 Å². The Labute approximate surface area is 103 Å². The van der Waals surface area contributed by atoms with Gasteiger partial charge in [-0.2, -0.15) is 0 Å². The predicted octanol–water partition coefficient (Wildman–Crippen LogP) is 3.82. The monoisotopic (exact) mass is 262 g/mol. The molecule has 88 valence electrons. The number of rotatable bonds is 5. The minimum atomic E-state index is -0.801. The van der Waals surface area contributed by atoms with E-state index in [1.54, 1.807) is 12.1 Å². The Morgan fingerprint density at radius 2 is 2.31 bits per heavy atom. The molecule has 0 fully saturated rings. The maximum Gasteiger partial charge on any atom is 0.303 e. The second-order valence-corrected chi connectivity index (χ2v) is 5.36. The summed E-state index contributed by atoms with van der Waals surface area (Å²) < 4.78 is 12.9. The Hall–Kier alpha value is -0.740. The second-order valence-electron chi connectivity index (χ2n) is 3.44. The largest absolute Gasteiger partial charge is 0.481 e. The molecule has 16 heavy (non-hydrogen) atoms. The molecule has 0 heterocycles.